The van der Waals surface area contributed by atoms with Crippen molar-refractivity contribution in [2.45, 2.75) is 32.2 Å². The van der Waals surface area contributed by atoms with Crippen LogP contribution in [0.5, 0.6) is 0 Å². The third-order valence-electron chi connectivity index (χ3n) is 5.69. The normalized spacial score (nSPS) is 18.8. The largest absolute Gasteiger partial charge is 0.355 e. The minimum Gasteiger partial charge on any atom is -0.355 e. The number of carbonyl (C=O) groups excluding carboxylic acids is 1. The van der Waals surface area contributed by atoms with Gasteiger partial charge in [-0.25, -0.2) is 0 Å². The lowest BCUT2D eigenvalue weighted by Crippen LogP contribution is -2.51. The van der Waals surface area contributed by atoms with Crippen LogP contribution in [0.15, 0.2) is 17.3 Å². The maximum Gasteiger partial charge on any atom is 0.225 e. The molecule has 28 heavy (non-hydrogen) atoms. The molecular weight excluding hydrogens is 469 g/mol. The smallest absolute Gasteiger partial charge is 0.225 e. The van der Waals surface area contributed by atoms with Crippen LogP contribution < -0.4 is 10.6 Å². The van der Waals surface area contributed by atoms with E-state index in [0.29, 0.717) is 18.4 Å². The maximum absolute atomic E-state index is 12.5. The number of rotatable bonds is 6. The fourth-order valence-corrected chi connectivity index (χ4v) is 3.92. The molecule has 2 aliphatic rings. The van der Waals surface area contributed by atoms with Gasteiger partial charge in [0.1, 0.15) is 0 Å². The zero-order valence-electron chi connectivity index (χ0n) is 17.1. The molecule has 0 spiro atoms. The molecule has 1 aromatic rings. The summed E-state index contributed by atoms with van der Waals surface area (Å²) < 4.78 is 1.85. The number of aryl methyl sites for hydroxylation is 1. The molecule has 2 heterocycles. The predicted molar refractivity (Wildman–Crippen MR) is 122 cm³/mol. The summed E-state index contributed by atoms with van der Waals surface area (Å²) in [5.74, 6) is 1.49. The molecule has 1 aliphatic carbocycles. The van der Waals surface area contributed by atoms with E-state index in [4.69, 9.17) is 0 Å². The first-order valence-electron chi connectivity index (χ1n) is 10.1. The fraction of sp³-hybridized carbons (Fsp3) is 0.737. The molecule has 9 heteroatoms. The molecule has 158 valence electrons. The second-order valence-electron chi connectivity index (χ2n) is 7.45. The van der Waals surface area contributed by atoms with E-state index in [-0.39, 0.29) is 24.0 Å². The van der Waals surface area contributed by atoms with Crippen LogP contribution in [-0.2, 0) is 18.4 Å². The summed E-state index contributed by atoms with van der Waals surface area (Å²) in [4.78, 5) is 21.3. The zero-order valence-corrected chi connectivity index (χ0v) is 19.4. The van der Waals surface area contributed by atoms with Crippen LogP contribution >= 0.6 is 24.0 Å². The lowest BCUT2D eigenvalue weighted by molar-refractivity contribution is -0.137. The highest BCUT2D eigenvalue weighted by molar-refractivity contribution is 14.0. The molecule has 1 aromatic heterocycles. The molecule has 1 saturated carbocycles. The van der Waals surface area contributed by atoms with Gasteiger partial charge in [0.15, 0.2) is 5.96 Å². The average molecular weight is 503 g/mol. The van der Waals surface area contributed by atoms with E-state index in [1.54, 1.807) is 13.2 Å². The van der Waals surface area contributed by atoms with Gasteiger partial charge in [-0.05, 0) is 18.9 Å². The Balaban J connectivity index is 0.00000280. The van der Waals surface area contributed by atoms with E-state index in [0.717, 1.165) is 63.8 Å². The predicted octanol–water partition coefficient (Wildman–Crippen LogP) is 1.04. The van der Waals surface area contributed by atoms with Crippen molar-refractivity contribution in [3.05, 3.63) is 18.0 Å². The monoisotopic (exact) mass is 503 g/mol. The van der Waals surface area contributed by atoms with Crippen LogP contribution in [0.1, 0.15) is 31.4 Å². The fourth-order valence-electron chi connectivity index (χ4n) is 3.92. The first kappa shape index (κ1) is 22.9. The van der Waals surface area contributed by atoms with E-state index < -0.39 is 0 Å². The summed E-state index contributed by atoms with van der Waals surface area (Å²) >= 11 is 0. The molecule has 0 atom stereocenters. The van der Waals surface area contributed by atoms with Gasteiger partial charge in [0.25, 0.3) is 0 Å². The molecular formula is C19H34IN7O. The Morgan fingerprint density at radius 1 is 1.21 bits per heavy atom. The van der Waals surface area contributed by atoms with Gasteiger partial charge in [0, 0.05) is 65.5 Å². The van der Waals surface area contributed by atoms with E-state index in [9.17, 15) is 4.79 Å². The van der Waals surface area contributed by atoms with Crippen molar-refractivity contribution in [1.82, 2.24) is 30.2 Å². The van der Waals surface area contributed by atoms with Gasteiger partial charge in [-0.2, -0.15) is 5.10 Å². The Bertz CT molecular complexity index is 634. The van der Waals surface area contributed by atoms with Crippen LogP contribution in [0.3, 0.4) is 0 Å². The van der Waals surface area contributed by atoms with Gasteiger partial charge in [-0.3, -0.25) is 19.4 Å². The highest BCUT2D eigenvalue weighted by Gasteiger charge is 2.29. The highest BCUT2D eigenvalue weighted by atomic mass is 127. The van der Waals surface area contributed by atoms with Crippen LogP contribution in [0, 0.1) is 5.92 Å². The number of halogens is 1. The molecule has 0 unspecified atom stereocenters. The van der Waals surface area contributed by atoms with E-state index in [1.807, 2.05) is 17.8 Å². The van der Waals surface area contributed by atoms with Crippen molar-refractivity contribution in [3.8, 4) is 0 Å². The third-order valence-corrected chi connectivity index (χ3v) is 5.69. The van der Waals surface area contributed by atoms with E-state index >= 15 is 0 Å². The Hall–Kier alpha value is -1.36. The molecule has 1 saturated heterocycles. The molecule has 1 aliphatic heterocycles. The molecule has 0 radical (unpaired) electrons. The van der Waals surface area contributed by atoms with Crippen molar-refractivity contribution in [2.75, 3.05) is 46.3 Å². The minimum absolute atomic E-state index is 0. The van der Waals surface area contributed by atoms with Crippen molar-refractivity contribution in [2.24, 2.45) is 18.0 Å². The van der Waals surface area contributed by atoms with Crippen LogP contribution in [0.2, 0.25) is 0 Å². The number of carbonyl (C=O) groups is 1. The summed E-state index contributed by atoms with van der Waals surface area (Å²) in [5.41, 5.74) is 1.11. The Labute approximate surface area is 185 Å². The zero-order chi connectivity index (χ0) is 19.1. The van der Waals surface area contributed by atoms with Gasteiger partial charge in [-0.15, -0.1) is 24.0 Å². The SMILES string of the molecule is CN=C(NCCN1CCN(C(=O)C2CCCC2)CC1)NCc1ccnn1C.I. The Morgan fingerprint density at radius 2 is 1.93 bits per heavy atom. The van der Waals surface area contributed by atoms with Crippen LogP contribution in [-0.4, -0.2) is 77.8 Å². The summed E-state index contributed by atoms with van der Waals surface area (Å²) in [7, 11) is 3.72. The number of piperazine rings is 1. The standard InChI is InChI=1S/C19H33N7O.HI/c1-20-19(22-15-17-7-8-23-24(17)2)21-9-10-25-11-13-26(14-12-25)18(27)16-5-3-4-6-16;/h7-8,16H,3-6,9-15H2,1-2H3,(H2,20,21,22);1H. The van der Waals surface area contributed by atoms with Gasteiger partial charge in [-0.1, -0.05) is 12.8 Å². The number of hydrogen-bond donors (Lipinski definition) is 2. The lowest BCUT2D eigenvalue weighted by Gasteiger charge is -2.36. The first-order chi connectivity index (χ1) is 13.2. The number of aliphatic imine (C=N–C) groups is 1. The summed E-state index contributed by atoms with van der Waals surface area (Å²) in [6.45, 7) is 6.13. The number of nitrogens with one attached hydrogen (secondary N) is 2. The highest BCUT2D eigenvalue weighted by Crippen LogP contribution is 2.26. The van der Waals surface area contributed by atoms with Crippen molar-refractivity contribution in [1.29, 1.82) is 0 Å². The Kier molecular flexibility index (Phi) is 9.49. The molecule has 1 amide bonds. The topological polar surface area (TPSA) is 77.8 Å². The maximum atomic E-state index is 12.5. The van der Waals surface area contributed by atoms with E-state index in [1.165, 1.54) is 12.8 Å². The third kappa shape index (κ3) is 6.33. The van der Waals surface area contributed by atoms with Crippen LogP contribution in [0.4, 0.5) is 0 Å². The van der Waals surface area contributed by atoms with Gasteiger partial charge < -0.3 is 15.5 Å². The molecule has 8 nitrogen and oxygen atoms in total. The number of nitrogens with zero attached hydrogens (tertiary/aromatic N) is 5. The molecule has 0 aromatic carbocycles. The summed E-state index contributed by atoms with van der Waals surface area (Å²) in [6.07, 6.45) is 6.42. The number of guanidine groups is 1. The molecule has 3 rings (SSSR count). The number of aromatic nitrogens is 2. The summed E-state index contributed by atoms with van der Waals surface area (Å²) in [5, 5.41) is 10.8. The molecule has 2 fully saturated rings. The first-order valence-corrected chi connectivity index (χ1v) is 10.1. The number of hydrogen-bond acceptors (Lipinski definition) is 4. The second-order valence-corrected chi connectivity index (χ2v) is 7.45. The van der Waals surface area contributed by atoms with Crippen molar-refractivity contribution < 1.29 is 4.79 Å². The van der Waals surface area contributed by atoms with Gasteiger partial charge in [0.2, 0.25) is 5.91 Å². The summed E-state index contributed by atoms with van der Waals surface area (Å²) in [6, 6.07) is 1.99. The Morgan fingerprint density at radius 3 is 2.54 bits per heavy atom. The van der Waals surface area contributed by atoms with Gasteiger partial charge >= 0.3 is 0 Å². The van der Waals surface area contributed by atoms with Crippen LogP contribution in [0.25, 0.3) is 0 Å². The molecule has 0 bridgehead atoms. The second kappa shape index (κ2) is 11.6. The van der Waals surface area contributed by atoms with Gasteiger partial charge in [0.05, 0.1) is 12.2 Å². The quantitative estimate of drug-likeness (QED) is 0.345. The number of amides is 1. The van der Waals surface area contributed by atoms with Crippen molar-refractivity contribution in [3.63, 3.8) is 0 Å². The van der Waals surface area contributed by atoms with E-state index in [2.05, 4.69) is 30.5 Å². The van der Waals surface area contributed by atoms with Crippen molar-refractivity contribution >= 4 is 35.8 Å². The lowest BCUT2D eigenvalue weighted by atomic mass is 10.1. The minimum atomic E-state index is 0. The average Bonchev–Trinajstić information content (AvgIpc) is 3.36. The molecule has 2 N–H and O–H groups in total.